The average molecular weight is 365 g/mol. The molecule has 1 atom stereocenters. The molecule has 1 N–H and O–H groups in total. The Bertz CT molecular complexity index is 803. The minimum Gasteiger partial charge on any atom is -0.352 e. The quantitative estimate of drug-likeness (QED) is 0.830. The molecule has 128 valence electrons. The van der Waals surface area contributed by atoms with Crippen LogP contribution in [0.25, 0.3) is 0 Å². The fraction of sp³-hybridized carbons (Fsp3) is 0.438. The predicted octanol–water partition coefficient (Wildman–Crippen LogP) is 1.17. The standard InChI is InChI=1S/C16H19N3O3S2/c20-15(18-13-5-8-24(21,22)11-13)9-14-10-23-16(19-14)2-1-12-3-6-17-7-4-12/h3-4,6-7,10,13H,1-2,5,8-9,11H2,(H,18,20). The molecule has 1 aliphatic heterocycles. The lowest BCUT2D eigenvalue weighted by molar-refractivity contribution is -0.121. The van der Waals surface area contributed by atoms with Gasteiger partial charge in [-0.1, -0.05) is 0 Å². The molecule has 1 fully saturated rings. The number of pyridine rings is 1. The minimum absolute atomic E-state index is 0.0486. The number of thiazole rings is 1. The van der Waals surface area contributed by atoms with E-state index in [1.54, 1.807) is 23.7 Å². The average Bonchev–Trinajstić information content (AvgIpc) is 3.12. The molecule has 0 spiro atoms. The molecule has 3 heterocycles. The van der Waals surface area contributed by atoms with E-state index in [1.807, 2.05) is 17.5 Å². The van der Waals surface area contributed by atoms with Gasteiger partial charge in [-0.25, -0.2) is 13.4 Å². The Balaban J connectivity index is 1.48. The van der Waals surface area contributed by atoms with Crippen LogP contribution in [0.5, 0.6) is 0 Å². The zero-order valence-electron chi connectivity index (χ0n) is 13.1. The first-order valence-corrected chi connectivity index (χ1v) is 10.5. The number of aromatic nitrogens is 2. The highest BCUT2D eigenvalue weighted by Crippen LogP contribution is 2.15. The number of carbonyl (C=O) groups is 1. The zero-order chi connectivity index (χ0) is 17.0. The van der Waals surface area contributed by atoms with Crippen molar-refractivity contribution in [3.8, 4) is 0 Å². The van der Waals surface area contributed by atoms with Gasteiger partial charge in [0, 0.05) is 30.2 Å². The molecule has 2 aromatic rings. The SMILES string of the molecule is O=C(Cc1csc(CCc2ccncc2)n1)NC1CCS(=O)(=O)C1. The van der Waals surface area contributed by atoms with Crippen molar-refractivity contribution in [3.05, 3.63) is 46.2 Å². The molecule has 0 saturated carbocycles. The third-order valence-corrected chi connectivity index (χ3v) is 6.64. The fourth-order valence-electron chi connectivity index (χ4n) is 2.70. The Hall–Kier alpha value is -1.80. The lowest BCUT2D eigenvalue weighted by Gasteiger charge is -2.09. The first-order chi connectivity index (χ1) is 11.5. The van der Waals surface area contributed by atoms with E-state index in [2.05, 4.69) is 15.3 Å². The summed E-state index contributed by atoms with van der Waals surface area (Å²) in [6.07, 6.45) is 5.97. The van der Waals surface area contributed by atoms with Gasteiger partial charge in [-0.15, -0.1) is 11.3 Å². The summed E-state index contributed by atoms with van der Waals surface area (Å²) in [7, 11) is -2.98. The lowest BCUT2D eigenvalue weighted by Crippen LogP contribution is -2.36. The van der Waals surface area contributed by atoms with Crippen LogP contribution >= 0.6 is 11.3 Å². The van der Waals surface area contributed by atoms with E-state index in [0.717, 1.165) is 23.5 Å². The highest BCUT2D eigenvalue weighted by Gasteiger charge is 2.28. The van der Waals surface area contributed by atoms with Gasteiger partial charge in [0.25, 0.3) is 0 Å². The van der Waals surface area contributed by atoms with Gasteiger partial charge in [0.05, 0.1) is 28.6 Å². The molecule has 0 aromatic carbocycles. The van der Waals surface area contributed by atoms with Crippen LogP contribution in [0, 0.1) is 0 Å². The number of rotatable bonds is 6. The number of aryl methyl sites for hydroxylation is 2. The van der Waals surface area contributed by atoms with Crippen LogP contribution in [0.3, 0.4) is 0 Å². The van der Waals surface area contributed by atoms with Crippen molar-refractivity contribution in [2.45, 2.75) is 31.7 Å². The second-order valence-electron chi connectivity index (χ2n) is 5.93. The van der Waals surface area contributed by atoms with Crippen LogP contribution in [-0.2, 0) is 33.9 Å². The number of nitrogens with zero attached hydrogens (tertiary/aromatic N) is 2. The summed E-state index contributed by atoms with van der Waals surface area (Å²) in [5, 5.41) is 5.68. The third kappa shape index (κ3) is 4.85. The normalized spacial score (nSPS) is 19.2. The van der Waals surface area contributed by atoms with Gasteiger partial charge in [-0.3, -0.25) is 9.78 Å². The van der Waals surface area contributed by atoms with Gasteiger partial charge in [-0.2, -0.15) is 0 Å². The van der Waals surface area contributed by atoms with Crippen LogP contribution in [0.15, 0.2) is 29.9 Å². The summed E-state index contributed by atoms with van der Waals surface area (Å²) in [5.41, 5.74) is 1.95. The second kappa shape index (κ2) is 7.40. The van der Waals surface area contributed by atoms with Crippen LogP contribution in [0.2, 0.25) is 0 Å². The molecule has 0 aliphatic carbocycles. The van der Waals surface area contributed by atoms with Crippen molar-refractivity contribution in [2.75, 3.05) is 11.5 Å². The summed E-state index contributed by atoms with van der Waals surface area (Å²) in [6.45, 7) is 0. The second-order valence-corrected chi connectivity index (χ2v) is 9.10. The predicted molar refractivity (Wildman–Crippen MR) is 92.7 cm³/mol. The van der Waals surface area contributed by atoms with Crippen molar-refractivity contribution in [2.24, 2.45) is 0 Å². The smallest absolute Gasteiger partial charge is 0.226 e. The maximum atomic E-state index is 12.0. The van der Waals surface area contributed by atoms with E-state index >= 15 is 0 Å². The third-order valence-electron chi connectivity index (χ3n) is 3.92. The van der Waals surface area contributed by atoms with E-state index in [-0.39, 0.29) is 29.9 Å². The topological polar surface area (TPSA) is 89.0 Å². The first kappa shape index (κ1) is 17.0. The van der Waals surface area contributed by atoms with Crippen LogP contribution in [0.1, 0.15) is 22.7 Å². The summed E-state index contributed by atoms with van der Waals surface area (Å²) in [4.78, 5) is 20.5. The number of hydrogen-bond donors (Lipinski definition) is 1. The maximum Gasteiger partial charge on any atom is 0.226 e. The first-order valence-electron chi connectivity index (χ1n) is 7.82. The van der Waals surface area contributed by atoms with Crippen molar-refractivity contribution in [3.63, 3.8) is 0 Å². The molecule has 1 unspecified atom stereocenters. The highest BCUT2D eigenvalue weighted by atomic mass is 32.2. The molecular formula is C16H19N3O3S2. The summed E-state index contributed by atoms with van der Waals surface area (Å²) < 4.78 is 22.8. The molecule has 6 nitrogen and oxygen atoms in total. The Morgan fingerprint density at radius 2 is 2.08 bits per heavy atom. The van der Waals surface area contributed by atoms with Gasteiger partial charge in [0.15, 0.2) is 9.84 Å². The van der Waals surface area contributed by atoms with Crippen molar-refractivity contribution in [1.29, 1.82) is 0 Å². The van der Waals surface area contributed by atoms with E-state index in [1.165, 1.54) is 5.56 Å². The molecule has 3 rings (SSSR count). The Labute approximate surface area is 145 Å². The molecule has 0 radical (unpaired) electrons. The lowest BCUT2D eigenvalue weighted by atomic mass is 10.1. The molecule has 8 heteroatoms. The van der Waals surface area contributed by atoms with Gasteiger partial charge in [-0.05, 0) is 30.5 Å². The maximum absolute atomic E-state index is 12.0. The minimum atomic E-state index is -2.98. The Morgan fingerprint density at radius 1 is 1.29 bits per heavy atom. The highest BCUT2D eigenvalue weighted by molar-refractivity contribution is 7.91. The van der Waals surface area contributed by atoms with Crippen LogP contribution < -0.4 is 5.32 Å². The fourth-order valence-corrected chi connectivity index (χ4v) is 5.17. The monoisotopic (exact) mass is 365 g/mol. The Morgan fingerprint density at radius 3 is 2.79 bits per heavy atom. The number of hydrogen-bond acceptors (Lipinski definition) is 6. The molecule has 0 bridgehead atoms. The summed E-state index contributed by atoms with van der Waals surface area (Å²) >= 11 is 1.55. The number of amides is 1. The van der Waals surface area contributed by atoms with Crippen molar-refractivity contribution >= 4 is 27.1 Å². The number of sulfone groups is 1. The van der Waals surface area contributed by atoms with E-state index in [9.17, 15) is 13.2 Å². The number of carbonyl (C=O) groups excluding carboxylic acids is 1. The van der Waals surface area contributed by atoms with Crippen LogP contribution in [-0.4, -0.2) is 41.8 Å². The summed E-state index contributed by atoms with van der Waals surface area (Å²) in [5.74, 6) is 0.0453. The molecule has 1 aliphatic rings. The molecule has 2 aromatic heterocycles. The largest absolute Gasteiger partial charge is 0.352 e. The zero-order valence-corrected chi connectivity index (χ0v) is 14.8. The van der Waals surface area contributed by atoms with Gasteiger partial charge in [0.2, 0.25) is 5.91 Å². The number of nitrogens with one attached hydrogen (secondary N) is 1. The van der Waals surface area contributed by atoms with E-state index in [0.29, 0.717) is 6.42 Å². The van der Waals surface area contributed by atoms with Crippen molar-refractivity contribution in [1.82, 2.24) is 15.3 Å². The van der Waals surface area contributed by atoms with E-state index in [4.69, 9.17) is 0 Å². The van der Waals surface area contributed by atoms with Gasteiger partial charge >= 0.3 is 0 Å². The molecule has 24 heavy (non-hydrogen) atoms. The molecule has 1 saturated heterocycles. The molecular weight excluding hydrogens is 346 g/mol. The summed E-state index contributed by atoms with van der Waals surface area (Å²) in [6, 6.07) is 3.71. The van der Waals surface area contributed by atoms with Crippen LogP contribution in [0.4, 0.5) is 0 Å². The van der Waals surface area contributed by atoms with Gasteiger partial charge < -0.3 is 5.32 Å². The van der Waals surface area contributed by atoms with Gasteiger partial charge in [0.1, 0.15) is 0 Å². The molecule has 1 amide bonds. The Kier molecular flexibility index (Phi) is 5.25. The van der Waals surface area contributed by atoms with E-state index < -0.39 is 9.84 Å². The van der Waals surface area contributed by atoms with Crippen molar-refractivity contribution < 1.29 is 13.2 Å².